The van der Waals surface area contributed by atoms with Gasteiger partial charge in [-0.2, -0.15) is 9.49 Å². The standard InChI is InChI=1S/C19H17F2N3O/c1-11-8-13(10-14(20)9-11)15-6-4-5-7-16(15)22-19(25)17-12(2)23-24(3)18(17)21/h4-10H,1-3H3,(H,22,25). The van der Waals surface area contributed by atoms with E-state index in [4.69, 9.17) is 0 Å². The summed E-state index contributed by atoms with van der Waals surface area (Å²) in [5, 5.41) is 6.61. The molecular formula is C19H17F2N3O. The van der Waals surface area contributed by atoms with Crippen LogP contribution in [-0.4, -0.2) is 15.7 Å². The number of aryl methyl sites for hydroxylation is 3. The van der Waals surface area contributed by atoms with Gasteiger partial charge in [-0.25, -0.2) is 9.07 Å². The average Bonchev–Trinajstić information content (AvgIpc) is 2.79. The maximum absolute atomic E-state index is 14.1. The van der Waals surface area contributed by atoms with Gasteiger partial charge in [-0.1, -0.05) is 24.3 Å². The fraction of sp³-hybridized carbons (Fsp3) is 0.158. The Bertz CT molecular complexity index is 943. The lowest BCUT2D eigenvalue weighted by Crippen LogP contribution is -2.15. The number of nitrogens with zero attached hydrogens (tertiary/aromatic N) is 2. The minimum atomic E-state index is -0.700. The van der Waals surface area contributed by atoms with Crippen molar-refractivity contribution in [2.45, 2.75) is 13.8 Å². The Morgan fingerprint density at radius 2 is 1.84 bits per heavy atom. The predicted molar refractivity (Wildman–Crippen MR) is 92.4 cm³/mol. The number of hydrogen-bond acceptors (Lipinski definition) is 2. The van der Waals surface area contributed by atoms with Crippen LogP contribution in [0.2, 0.25) is 0 Å². The Labute approximate surface area is 144 Å². The summed E-state index contributed by atoms with van der Waals surface area (Å²) in [6.45, 7) is 3.36. The number of nitrogens with one attached hydrogen (secondary N) is 1. The first kappa shape index (κ1) is 16.8. The van der Waals surface area contributed by atoms with Gasteiger partial charge in [0.2, 0.25) is 5.95 Å². The number of carbonyl (C=O) groups excluding carboxylic acids is 1. The van der Waals surface area contributed by atoms with E-state index in [1.807, 2.05) is 6.07 Å². The summed E-state index contributed by atoms with van der Waals surface area (Å²) in [6.07, 6.45) is 0. The molecule has 0 saturated heterocycles. The predicted octanol–water partition coefficient (Wildman–Crippen LogP) is 4.23. The first-order valence-electron chi connectivity index (χ1n) is 7.74. The van der Waals surface area contributed by atoms with E-state index in [-0.39, 0.29) is 11.4 Å². The van der Waals surface area contributed by atoms with Gasteiger partial charge >= 0.3 is 0 Å². The monoisotopic (exact) mass is 341 g/mol. The van der Waals surface area contributed by atoms with Crippen LogP contribution in [0.1, 0.15) is 21.6 Å². The zero-order chi connectivity index (χ0) is 18.1. The molecule has 0 radical (unpaired) electrons. The molecule has 128 valence electrons. The van der Waals surface area contributed by atoms with Gasteiger partial charge in [0.25, 0.3) is 5.91 Å². The van der Waals surface area contributed by atoms with Crippen LogP contribution in [0.15, 0.2) is 42.5 Å². The molecule has 0 bridgehead atoms. The maximum Gasteiger partial charge on any atom is 0.262 e. The third-order valence-corrected chi connectivity index (χ3v) is 3.91. The zero-order valence-corrected chi connectivity index (χ0v) is 14.1. The molecule has 3 aromatic rings. The molecule has 2 aromatic carbocycles. The van der Waals surface area contributed by atoms with Gasteiger partial charge in [-0.15, -0.1) is 0 Å². The topological polar surface area (TPSA) is 46.9 Å². The molecule has 1 heterocycles. The molecular weight excluding hydrogens is 324 g/mol. The minimum Gasteiger partial charge on any atom is -0.321 e. The van der Waals surface area contributed by atoms with Crippen molar-refractivity contribution in [3.05, 3.63) is 71.1 Å². The highest BCUT2D eigenvalue weighted by Crippen LogP contribution is 2.30. The van der Waals surface area contributed by atoms with Gasteiger partial charge in [0, 0.05) is 18.3 Å². The second kappa shape index (κ2) is 6.47. The van der Waals surface area contributed by atoms with Gasteiger partial charge < -0.3 is 5.32 Å². The van der Waals surface area contributed by atoms with Crippen LogP contribution in [0.3, 0.4) is 0 Å². The van der Waals surface area contributed by atoms with Crippen molar-refractivity contribution in [2.75, 3.05) is 5.32 Å². The Morgan fingerprint density at radius 3 is 2.48 bits per heavy atom. The quantitative estimate of drug-likeness (QED) is 0.775. The SMILES string of the molecule is Cc1cc(F)cc(-c2ccccc2NC(=O)c2c(C)nn(C)c2F)c1. The lowest BCUT2D eigenvalue weighted by Gasteiger charge is -2.12. The number of hydrogen-bond donors (Lipinski definition) is 1. The Kier molecular flexibility index (Phi) is 4.35. The number of aromatic nitrogens is 2. The van der Waals surface area contributed by atoms with Gasteiger partial charge in [0.15, 0.2) is 0 Å². The van der Waals surface area contributed by atoms with Crippen LogP contribution in [0.25, 0.3) is 11.1 Å². The summed E-state index contributed by atoms with van der Waals surface area (Å²) < 4.78 is 28.8. The second-order valence-corrected chi connectivity index (χ2v) is 5.89. The number of para-hydroxylation sites is 1. The Balaban J connectivity index is 2.00. The second-order valence-electron chi connectivity index (χ2n) is 5.89. The molecule has 1 amide bonds. The number of benzene rings is 2. The zero-order valence-electron chi connectivity index (χ0n) is 14.1. The fourth-order valence-electron chi connectivity index (χ4n) is 2.81. The lowest BCUT2D eigenvalue weighted by atomic mass is 10.0. The van der Waals surface area contributed by atoms with Crippen molar-refractivity contribution in [3.63, 3.8) is 0 Å². The molecule has 0 fully saturated rings. The van der Waals surface area contributed by atoms with Gasteiger partial charge in [-0.05, 0) is 43.2 Å². The lowest BCUT2D eigenvalue weighted by molar-refractivity contribution is 0.102. The molecule has 0 aliphatic carbocycles. The van der Waals surface area contributed by atoms with Crippen LogP contribution in [-0.2, 0) is 7.05 Å². The van der Waals surface area contributed by atoms with Crippen molar-refractivity contribution < 1.29 is 13.6 Å². The van der Waals surface area contributed by atoms with Crippen molar-refractivity contribution in [2.24, 2.45) is 7.05 Å². The summed E-state index contributed by atoms with van der Waals surface area (Å²) in [5.74, 6) is -1.65. The normalized spacial score (nSPS) is 10.8. The molecule has 0 aliphatic rings. The molecule has 6 heteroatoms. The molecule has 0 saturated carbocycles. The van der Waals surface area contributed by atoms with Crippen molar-refractivity contribution in [3.8, 4) is 11.1 Å². The molecule has 0 aliphatic heterocycles. The van der Waals surface area contributed by atoms with Crippen LogP contribution < -0.4 is 5.32 Å². The first-order chi connectivity index (χ1) is 11.9. The average molecular weight is 341 g/mol. The largest absolute Gasteiger partial charge is 0.321 e. The van der Waals surface area contributed by atoms with E-state index in [0.717, 1.165) is 10.2 Å². The van der Waals surface area contributed by atoms with Gasteiger partial charge in [-0.3, -0.25) is 4.79 Å². The van der Waals surface area contributed by atoms with E-state index in [0.29, 0.717) is 22.5 Å². The number of halogens is 2. The molecule has 0 spiro atoms. The van der Waals surface area contributed by atoms with Crippen LogP contribution in [0.4, 0.5) is 14.5 Å². The third-order valence-electron chi connectivity index (χ3n) is 3.91. The fourth-order valence-corrected chi connectivity index (χ4v) is 2.81. The minimum absolute atomic E-state index is 0.104. The summed E-state index contributed by atoms with van der Waals surface area (Å²) in [7, 11) is 1.43. The van der Waals surface area contributed by atoms with Crippen molar-refractivity contribution in [1.82, 2.24) is 9.78 Å². The summed E-state index contributed by atoms with van der Waals surface area (Å²) in [6, 6.07) is 11.7. The smallest absolute Gasteiger partial charge is 0.262 e. The first-order valence-corrected chi connectivity index (χ1v) is 7.74. The van der Waals surface area contributed by atoms with E-state index in [1.54, 1.807) is 38.1 Å². The molecule has 1 N–H and O–H groups in total. The van der Waals surface area contributed by atoms with Crippen molar-refractivity contribution in [1.29, 1.82) is 0 Å². The van der Waals surface area contributed by atoms with Gasteiger partial charge in [0.05, 0.1) is 5.69 Å². The summed E-state index contributed by atoms with van der Waals surface area (Å²) in [4.78, 5) is 12.5. The van der Waals surface area contributed by atoms with Gasteiger partial charge in [0.1, 0.15) is 11.4 Å². The Hall–Kier alpha value is -3.02. The van der Waals surface area contributed by atoms with E-state index >= 15 is 0 Å². The van der Waals surface area contributed by atoms with Crippen LogP contribution in [0.5, 0.6) is 0 Å². The van der Waals surface area contributed by atoms with E-state index in [9.17, 15) is 13.6 Å². The van der Waals surface area contributed by atoms with E-state index in [2.05, 4.69) is 10.4 Å². The molecule has 0 atom stereocenters. The number of amides is 1. The molecule has 4 nitrogen and oxygen atoms in total. The summed E-state index contributed by atoms with van der Waals surface area (Å²) in [5.41, 5.74) is 2.73. The molecule has 1 aromatic heterocycles. The number of carbonyl (C=O) groups is 1. The van der Waals surface area contributed by atoms with Crippen LogP contribution >= 0.6 is 0 Å². The number of rotatable bonds is 3. The highest BCUT2D eigenvalue weighted by atomic mass is 19.1. The number of anilines is 1. The van der Waals surface area contributed by atoms with Crippen molar-refractivity contribution >= 4 is 11.6 Å². The third kappa shape index (κ3) is 3.28. The van der Waals surface area contributed by atoms with Crippen LogP contribution in [0, 0.1) is 25.6 Å². The maximum atomic E-state index is 14.1. The molecule has 0 unspecified atom stereocenters. The molecule has 25 heavy (non-hydrogen) atoms. The highest BCUT2D eigenvalue weighted by molar-refractivity contribution is 6.07. The Morgan fingerprint density at radius 1 is 1.12 bits per heavy atom. The molecule has 3 rings (SSSR count). The van der Waals surface area contributed by atoms with E-state index < -0.39 is 11.9 Å². The van der Waals surface area contributed by atoms with E-state index in [1.165, 1.54) is 19.2 Å². The summed E-state index contributed by atoms with van der Waals surface area (Å²) >= 11 is 0. The highest BCUT2D eigenvalue weighted by Gasteiger charge is 2.21.